The highest BCUT2D eigenvalue weighted by atomic mass is 16.5. The average molecular weight is 457 g/mol. The van der Waals surface area contributed by atoms with Gasteiger partial charge in [0, 0.05) is 52.5 Å². The number of methoxy groups -OCH3 is 2. The monoisotopic (exact) mass is 456 g/mol. The molecule has 0 bridgehead atoms. The van der Waals surface area contributed by atoms with Crippen LogP contribution in [0, 0.1) is 0 Å². The summed E-state index contributed by atoms with van der Waals surface area (Å²) in [5, 5.41) is 0. The van der Waals surface area contributed by atoms with Crippen LogP contribution in [0.3, 0.4) is 0 Å². The number of hydrogen-bond acceptors (Lipinski definition) is 5. The quantitative estimate of drug-likeness (QED) is 0.414. The lowest BCUT2D eigenvalue weighted by Gasteiger charge is -2.51. The third kappa shape index (κ3) is 2.76. The summed E-state index contributed by atoms with van der Waals surface area (Å²) < 4.78 is 11.9. The number of ether oxygens (including phenoxy) is 2. The Morgan fingerprint density at radius 1 is 0.706 bits per heavy atom. The molecule has 0 N–H and O–H groups in total. The lowest BCUT2D eigenvalue weighted by Crippen LogP contribution is -2.48. The number of benzene rings is 3. The van der Waals surface area contributed by atoms with Crippen LogP contribution in [0.1, 0.15) is 50.3 Å². The molecule has 5 rings (SSSR count). The van der Waals surface area contributed by atoms with Crippen molar-refractivity contribution in [1.82, 2.24) is 0 Å². The number of anilines is 4. The van der Waals surface area contributed by atoms with E-state index in [1.807, 2.05) is 24.3 Å². The molecule has 2 aliphatic heterocycles. The van der Waals surface area contributed by atoms with Gasteiger partial charge in [-0.25, -0.2) is 0 Å². The van der Waals surface area contributed by atoms with E-state index in [2.05, 4.69) is 54.0 Å². The van der Waals surface area contributed by atoms with E-state index in [4.69, 9.17) is 9.47 Å². The van der Waals surface area contributed by atoms with E-state index in [0.29, 0.717) is 0 Å². The summed E-state index contributed by atoms with van der Waals surface area (Å²) in [5.74, 6) is 1.50. The minimum atomic E-state index is -1.04. The molecule has 0 radical (unpaired) electrons. The van der Waals surface area contributed by atoms with Crippen molar-refractivity contribution in [3.63, 3.8) is 0 Å². The molecule has 0 aliphatic carbocycles. The van der Waals surface area contributed by atoms with Gasteiger partial charge in [-0.2, -0.15) is 0 Å². The Kier molecular flexibility index (Phi) is 5.51. The average Bonchev–Trinajstić information content (AvgIpc) is 2.86. The van der Waals surface area contributed by atoms with Crippen molar-refractivity contribution in [3.05, 3.63) is 71.3 Å². The molecular weight excluding hydrogens is 424 g/mol. The Morgan fingerprint density at radius 2 is 1.09 bits per heavy atom. The predicted octanol–water partition coefficient (Wildman–Crippen LogP) is 6.35. The van der Waals surface area contributed by atoms with Gasteiger partial charge in [0.25, 0.3) is 0 Å². The van der Waals surface area contributed by atoms with Crippen LogP contribution < -0.4 is 19.3 Å². The molecule has 176 valence electrons. The van der Waals surface area contributed by atoms with E-state index >= 15 is 0 Å². The molecule has 0 saturated carbocycles. The SMILES string of the molecule is CCCN1c2cccc(OC)c2C2(C(C)=O)c3c(OC)cccc3N(CCC)c3cccc1c32. The van der Waals surface area contributed by atoms with Crippen molar-refractivity contribution in [2.24, 2.45) is 0 Å². The molecular formula is C29H32N2O3. The molecule has 3 aromatic rings. The number of Topliss-reactive ketones (excluding diaryl/α,β-unsaturated/α-hetero) is 1. The second kappa shape index (κ2) is 8.39. The van der Waals surface area contributed by atoms with E-state index in [9.17, 15) is 4.79 Å². The zero-order valence-corrected chi connectivity index (χ0v) is 20.6. The van der Waals surface area contributed by atoms with Crippen molar-refractivity contribution in [1.29, 1.82) is 0 Å². The third-order valence-corrected chi connectivity index (χ3v) is 7.18. The summed E-state index contributed by atoms with van der Waals surface area (Å²) in [6, 6.07) is 18.6. The van der Waals surface area contributed by atoms with Crippen LogP contribution in [0.2, 0.25) is 0 Å². The zero-order chi connectivity index (χ0) is 24.0. The molecule has 5 nitrogen and oxygen atoms in total. The Morgan fingerprint density at radius 3 is 1.44 bits per heavy atom. The fourth-order valence-electron chi connectivity index (χ4n) is 6.04. The first-order chi connectivity index (χ1) is 16.6. The van der Waals surface area contributed by atoms with Crippen molar-refractivity contribution in [3.8, 4) is 11.5 Å². The van der Waals surface area contributed by atoms with Crippen molar-refractivity contribution in [2.75, 3.05) is 37.1 Å². The Hall–Kier alpha value is -3.47. The maximum atomic E-state index is 14.1. The van der Waals surface area contributed by atoms with Crippen LogP contribution in [0.25, 0.3) is 0 Å². The zero-order valence-electron chi connectivity index (χ0n) is 20.6. The lowest BCUT2D eigenvalue weighted by molar-refractivity contribution is -0.120. The smallest absolute Gasteiger partial charge is 0.149 e. The number of rotatable bonds is 7. The first-order valence-corrected chi connectivity index (χ1v) is 12.1. The van der Waals surface area contributed by atoms with Gasteiger partial charge in [-0.1, -0.05) is 32.0 Å². The van der Waals surface area contributed by atoms with Crippen LogP contribution in [0.15, 0.2) is 54.6 Å². The van der Waals surface area contributed by atoms with Crippen molar-refractivity contribution >= 4 is 28.5 Å². The number of carbonyl (C=O) groups is 1. The molecule has 0 spiro atoms. The van der Waals surface area contributed by atoms with Crippen LogP contribution in [0.4, 0.5) is 22.7 Å². The van der Waals surface area contributed by atoms with E-state index in [1.165, 1.54) is 0 Å². The molecule has 0 atom stereocenters. The number of fused-ring (bicyclic) bond motifs is 4. The van der Waals surface area contributed by atoms with Crippen LogP contribution in [-0.4, -0.2) is 33.1 Å². The van der Waals surface area contributed by atoms with Gasteiger partial charge in [-0.15, -0.1) is 0 Å². The summed E-state index contributed by atoms with van der Waals surface area (Å²) in [6.07, 6.45) is 1.96. The van der Waals surface area contributed by atoms with E-state index in [-0.39, 0.29) is 5.78 Å². The van der Waals surface area contributed by atoms with Gasteiger partial charge >= 0.3 is 0 Å². The molecule has 3 aromatic carbocycles. The van der Waals surface area contributed by atoms with Crippen LogP contribution >= 0.6 is 0 Å². The largest absolute Gasteiger partial charge is 0.496 e. The second-order valence-electron chi connectivity index (χ2n) is 8.99. The van der Waals surface area contributed by atoms with Gasteiger partial charge in [0.1, 0.15) is 22.7 Å². The van der Waals surface area contributed by atoms with Gasteiger partial charge in [-0.3, -0.25) is 4.79 Å². The summed E-state index contributed by atoms with van der Waals surface area (Å²) in [5.41, 5.74) is 5.98. The number of ketones is 1. The number of carbonyl (C=O) groups excluding carboxylic acids is 1. The molecule has 2 aliphatic rings. The molecule has 0 fully saturated rings. The number of hydrogen-bond donors (Lipinski definition) is 0. The highest BCUT2D eigenvalue weighted by Gasteiger charge is 2.56. The van der Waals surface area contributed by atoms with Gasteiger partial charge in [0.05, 0.1) is 14.2 Å². The summed E-state index contributed by atoms with van der Waals surface area (Å²) in [6.45, 7) is 7.76. The maximum absolute atomic E-state index is 14.1. The normalized spacial score (nSPS) is 14.7. The second-order valence-corrected chi connectivity index (χ2v) is 8.99. The third-order valence-electron chi connectivity index (χ3n) is 7.18. The first kappa shape index (κ1) is 22.3. The molecule has 0 amide bonds. The minimum Gasteiger partial charge on any atom is -0.496 e. The summed E-state index contributed by atoms with van der Waals surface area (Å²) >= 11 is 0. The van der Waals surface area contributed by atoms with E-state index < -0.39 is 5.41 Å². The molecule has 0 aromatic heterocycles. The van der Waals surface area contributed by atoms with Gasteiger partial charge in [-0.05, 0) is 56.2 Å². The maximum Gasteiger partial charge on any atom is 0.149 e. The topological polar surface area (TPSA) is 42.0 Å². The van der Waals surface area contributed by atoms with Crippen molar-refractivity contribution < 1.29 is 14.3 Å². The predicted molar refractivity (Wildman–Crippen MR) is 138 cm³/mol. The highest BCUT2D eigenvalue weighted by Crippen LogP contribution is 2.64. The molecule has 2 heterocycles. The minimum absolute atomic E-state index is 0.0602. The molecule has 5 heteroatoms. The van der Waals surface area contributed by atoms with Crippen LogP contribution in [0.5, 0.6) is 11.5 Å². The molecule has 0 unspecified atom stereocenters. The molecule has 0 saturated heterocycles. The number of nitrogens with zero attached hydrogens (tertiary/aromatic N) is 2. The molecule has 34 heavy (non-hydrogen) atoms. The van der Waals surface area contributed by atoms with E-state index in [1.54, 1.807) is 21.1 Å². The highest BCUT2D eigenvalue weighted by molar-refractivity contribution is 6.09. The fraction of sp³-hybridized carbons (Fsp3) is 0.345. The van der Waals surface area contributed by atoms with Gasteiger partial charge in [0.15, 0.2) is 0 Å². The van der Waals surface area contributed by atoms with Crippen LogP contribution in [-0.2, 0) is 10.2 Å². The van der Waals surface area contributed by atoms with Gasteiger partial charge in [0.2, 0.25) is 0 Å². The van der Waals surface area contributed by atoms with E-state index in [0.717, 1.165) is 76.9 Å². The lowest BCUT2D eigenvalue weighted by atomic mass is 9.60. The Labute approximate surface area is 201 Å². The summed E-state index contributed by atoms with van der Waals surface area (Å²) in [4.78, 5) is 18.8. The van der Waals surface area contributed by atoms with Crippen molar-refractivity contribution in [2.45, 2.75) is 39.0 Å². The fourth-order valence-corrected chi connectivity index (χ4v) is 6.04. The Bertz CT molecular complexity index is 1180. The first-order valence-electron chi connectivity index (χ1n) is 12.1. The Balaban J connectivity index is 2.04. The van der Waals surface area contributed by atoms with Gasteiger partial charge < -0.3 is 19.3 Å². The summed E-state index contributed by atoms with van der Waals surface area (Å²) in [7, 11) is 3.37. The standard InChI is InChI=1S/C29H32N2O3/c1-6-17-30-20-11-8-12-21-26(20)29(19(3)32,27-22(30)13-9-15-24(27)33-4)28-23(31(21)18-7-2)14-10-16-25(28)34-5/h8-16H,6-7,17-18H2,1-5H3.